The Morgan fingerprint density at radius 3 is 2.49 bits per heavy atom. The average molecular weight is 567 g/mol. The van der Waals surface area contributed by atoms with Crippen molar-refractivity contribution in [1.82, 2.24) is 9.97 Å². The normalized spacial score (nSPS) is 11.4. The summed E-state index contributed by atoms with van der Waals surface area (Å²) in [6, 6.07) is 14.1. The second-order valence-corrected chi connectivity index (χ2v) is 9.83. The molecule has 0 fully saturated rings. The summed E-state index contributed by atoms with van der Waals surface area (Å²) in [5.74, 6) is -1.20. The van der Waals surface area contributed by atoms with Gasteiger partial charge < -0.3 is 26.0 Å². The van der Waals surface area contributed by atoms with Gasteiger partial charge in [0.1, 0.15) is 47.0 Å². The summed E-state index contributed by atoms with van der Waals surface area (Å²) in [4.78, 5) is 8.73. The van der Waals surface area contributed by atoms with Crippen LogP contribution in [0.15, 0.2) is 52.9 Å². The van der Waals surface area contributed by atoms with Gasteiger partial charge in [0.2, 0.25) is 0 Å². The first-order valence-electron chi connectivity index (χ1n) is 11.3. The summed E-state index contributed by atoms with van der Waals surface area (Å²) in [6.45, 7) is -0.529. The average Bonchev–Trinajstić information content (AvgIpc) is 3.39. The number of nitrogens with two attached hydrogens (primary N) is 1. The Kier molecular flexibility index (Phi) is 8.91. The number of ether oxygens (including phenoxy) is 1. The first-order chi connectivity index (χ1) is 18.8. The molecule has 0 unspecified atom stereocenters. The number of nitriles is 2. The topological polar surface area (TPSA) is 161 Å². The second-order valence-electron chi connectivity index (χ2n) is 8.01. The number of nitrogen functional groups attached to an aromatic ring is 1. The van der Waals surface area contributed by atoms with Crippen LogP contribution in [-0.2, 0) is 5.75 Å². The van der Waals surface area contributed by atoms with Crippen molar-refractivity contribution in [3.8, 4) is 29.0 Å². The van der Waals surface area contributed by atoms with Crippen molar-refractivity contribution in [3.05, 3.63) is 76.3 Å². The van der Waals surface area contributed by atoms with Gasteiger partial charge >= 0.3 is 0 Å². The van der Waals surface area contributed by atoms with E-state index in [1.165, 1.54) is 29.2 Å². The quantitative estimate of drug-likeness (QED) is 0.200. The number of aliphatic hydroxyl groups excluding tert-OH is 2. The molecule has 2 aromatic carbocycles. The molecule has 0 spiro atoms. The number of aliphatic hydroxyl groups is 2. The van der Waals surface area contributed by atoms with Gasteiger partial charge in [-0.25, -0.2) is 18.7 Å². The molecule has 198 valence electrons. The molecule has 0 saturated carbocycles. The predicted molar refractivity (Wildman–Crippen MR) is 143 cm³/mol. The number of halogens is 2. The molecule has 1 atom stereocenters. The molecule has 2 aromatic heterocycles. The molecule has 0 amide bonds. The van der Waals surface area contributed by atoms with Crippen LogP contribution in [0.4, 0.5) is 25.4 Å². The minimum Gasteiger partial charge on any atom is -0.491 e. The molecule has 0 aliphatic rings. The summed E-state index contributed by atoms with van der Waals surface area (Å²) in [7, 11) is 0. The molecule has 0 bridgehead atoms. The number of thioether (sulfide) groups is 1. The maximum atomic E-state index is 13.5. The summed E-state index contributed by atoms with van der Waals surface area (Å²) in [5, 5.41) is 43.6. The van der Waals surface area contributed by atoms with Crippen LogP contribution >= 0.6 is 23.1 Å². The Morgan fingerprint density at radius 1 is 1.08 bits per heavy atom. The molecule has 39 heavy (non-hydrogen) atoms. The number of rotatable bonds is 10. The molecule has 4 aromatic rings. The number of pyridine rings is 1. The molecule has 4 rings (SSSR count). The van der Waals surface area contributed by atoms with E-state index in [4.69, 9.17) is 15.6 Å². The molecular weight excluding hydrogens is 546 g/mol. The van der Waals surface area contributed by atoms with Crippen molar-refractivity contribution in [3.63, 3.8) is 0 Å². The Labute approximate surface area is 230 Å². The van der Waals surface area contributed by atoms with E-state index in [0.717, 1.165) is 12.1 Å². The van der Waals surface area contributed by atoms with E-state index in [0.29, 0.717) is 44.2 Å². The van der Waals surface area contributed by atoms with Crippen molar-refractivity contribution in [2.45, 2.75) is 16.9 Å². The fraction of sp³-hybridized carbons (Fsp3) is 0.154. The van der Waals surface area contributed by atoms with Crippen LogP contribution in [0.3, 0.4) is 0 Å². The number of benzene rings is 2. The Bertz CT molecular complexity index is 1570. The zero-order valence-corrected chi connectivity index (χ0v) is 21.7. The van der Waals surface area contributed by atoms with Crippen LogP contribution in [0.25, 0.3) is 11.1 Å². The number of nitrogens with zero attached hydrogens (tertiary/aromatic N) is 4. The first-order valence-corrected chi connectivity index (χ1v) is 13.1. The minimum absolute atomic E-state index is 0.0284. The third-order valence-electron chi connectivity index (χ3n) is 5.29. The molecule has 2 heterocycles. The van der Waals surface area contributed by atoms with Crippen molar-refractivity contribution in [2.75, 3.05) is 24.3 Å². The number of thiazole rings is 1. The van der Waals surface area contributed by atoms with Gasteiger partial charge in [-0.1, -0.05) is 23.9 Å². The van der Waals surface area contributed by atoms with E-state index in [-0.39, 0.29) is 23.6 Å². The Hall–Kier alpha value is -4.27. The Morgan fingerprint density at radius 2 is 1.82 bits per heavy atom. The fourth-order valence-corrected chi connectivity index (χ4v) is 5.15. The van der Waals surface area contributed by atoms with Crippen LogP contribution in [-0.4, -0.2) is 39.5 Å². The summed E-state index contributed by atoms with van der Waals surface area (Å²) in [6.07, 6.45) is -1.02. The zero-order valence-electron chi connectivity index (χ0n) is 20.1. The van der Waals surface area contributed by atoms with E-state index >= 15 is 0 Å². The molecule has 0 saturated heterocycles. The number of hydrogen-bond donors (Lipinski definition) is 4. The molecule has 0 radical (unpaired) electrons. The highest BCUT2D eigenvalue weighted by Crippen LogP contribution is 2.37. The van der Waals surface area contributed by atoms with E-state index in [1.807, 2.05) is 6.07 Å². The highest BCUT2D eigenvalue weighted by atomic mass is 32.2. The highest BCUT2D eigenvalue weighted by Gasteiger charge is 2.21. The number of aromatic nitrogens is 2. The highest BCUT2D eigenvalue weighted by molar-refractivity contribution is 7.98. The van der Waals surface area contributed by atoms with Crippen LogP contribution < -0.4 is 15.8 Å². The summed E-state index contributed by atoms with van der Waals surface area (Å²) >= 11 is 2.49. The van der Waals surface area contributed by atoms with E-state index in [9.17, 15) is 24.4 Å². The van der Waals surface area contributed by atoms with Gasteiger partial charge in [-0.3, -0.25) is 0 Å². The van der Waals surface area contributed by atoms with Gasteiger partial charge in [-0.2, -0.15) is 10.5 Å². The fourth-order valence-electron chi connectivity index (χ4n) is 3.42. The molecule has 0 aliphatic heterocycles. The van der Waals surface area contributed by atoms with Crippen LogP contribution in [0, 0.1) is 34.3 Å². The lowest BCUT2D eigenvalue weighted by Crippen LogP contribution is -2.21. The molecular formula is C26H20F2N6O3S2. The van der Waals surface area contributed by atoms with Crippen molar-refractivity contribution in [2.24, 2.45) is 0 Å². The van der Waals surface area contributed by atoms with Gasteiger partial charge in [0.15, 0.2) is 16.8 Å². The van der Waals surface area contributed by atoms with Crippen molar-refractivity contribution < 1.29 is 23.7 Å². The van der Waals surface area contributed by atoms with Crippen LogP contribution in [0.2, 0.25) is 0 Å². The van der Waals surface area contributed by atoms with E-state index in [2.05, 4.69) is 21.4 Å². The monoisotopic (exact) mass is 566 g/mol. The molecule has 0 aliphatic carbocycles. The lowest BCUT2D eigenvalue weighted by molar-refractivity contribution is 0.0536. The van der Waals surface area contributed by atoms with Gasteiger partial charge in [0, 0.05) is 28.5 Å². The van der Waals surface area contributed by atoms with Crippen molar-refractivity contribution >= 4 is 39.7 Å². The largest absolute Gasteiger partial charge is 0.491 e. The number of anilines is 3. The van der Waals surface area contributed by atoms with Gasteiger partial charge in [0.05, 0.1) is 17.9 Å². The Balaban J connectivity index is 1.55. The summed E-state index contributed by atoms with van der Waals surface area (Å²) < 4.78 is 32.1. The molecule has 13 heteroatoms. The molecule has 9 nitrogen and oxygen atoms in total. The smallest absolute Gasteiger partial charge is 0.187 e. The zero-order chi connectivity index (χ0) is 27.9. The van der Waals surface area contributed by atoms with Gasteiger partial charge in [-0.15, -0.1) is 11.3 Å². The second kappa shape index (κ2) is 12.5. The standard InChI is InChI=1S/C26H20F2N6O3S2/c27-21-6-3-15(7-22(21)28)32-26-33-16(13-39-26)12-38-25-20(9-30)23(19(8-29)24(31)34-25)14-1-4-18(5-2-14)37-11-17(36)10-35/h1-7,13,17,35-36H,10-12H2,(H2,31,34)(H,32,33)/t17-/m0/s1. The van der Waals surface area contributed by atoms with Crippen LogP contribution in [0.5, 0.6) is 5.75 Å². The van der Waals surface area contributed by atoms with Crippen molar-refractivity contribution in [1.29, 1.82) is 10.5 Å². The molecule has 5 N–H and O–H groups in total. The van der Waals surface area contributed by atoms with Gasteiger partial charge in [0.25, 0.3) is 0 Å². The number of hydrogen-bond acceptors (Lipinski definition) is 11. The summed E-state index contributed by atoms with van der Waals surface area (Å²) in [5.41, 5.74) is 8.19. The maximum absolute atomic E-state index is 13.5. The SMILES string of the molecule is N#Cc1c(N)nc(SCc2csc(Nc3ccc(F)c(F)c3)n2)c(C#N)c1-c1ccc(OC[C@@H](O)CO)cc1. The lowest BCUT2D eigenvalue weighted by atomic mass is 9.97. The third-order valence-corrected chi connectivity index (χ3v) is 7.11. The first kappa shape index (κ1) is 27.8. The minimum atomic E-state index is -1.02. The van der Waals surface area contributed by atoms with E-state index < -0.39 is 24.3 Å². The lowest BCUT2D eigenvalue weighted by Gasteiger charge is -2.14. The van der Waals surface area contributed by atoms with Crippen LogP contribution in [0.1, 0.15) is 16.8 Å². The number of nitrogens with one attached hydrogen (secondary N) is 1. The third kappa shape index (κ3) is 6.60. The maximum Gasteiger partial charge on any atom is 0.187 e. The van der Waals surface area contributed by atoms with Gasteiger partial charge in [-0.05, 0) is 29.8 Å². The van der Waals surface area contributed by atoms with E-state index in [1.54, 1.807) is 29.6 Å². The predicted octanol–water partition coefficient (Wildman–Crippen LogP) is 4.58.